The summed E-state index contributed by atoms with van der Waals surface area (Å²) in [5.74, 6) is 0.178. The van der Waals surface area contributed by atoms with Gasteiger partial charge in [0.2, 0.25) is 5.91 Å². The number of hydrogen-bond acceptors (Lipinski definition) is 3. The van der Waals surface area contributed by atoms with Crippen LogP contribution in [0, 0.1) is 12.8 Å². The summed E-state index contributed by atoms with van der Waals surface area (Å²) in [5.41, 5.74) is 1.22. The SMILES string of the molecule is Cc1cc(Br)ccc1NC(=O)CN1CC(O)(C(C)C)C1. The quantitative estimate of drug-likeness (QED) is 0.884. The highest BCUT2D eigenvalue weighted by molar-refractivity contribution is 9.10. The van der Waals surface area contributed by atoms with Crippen LogP contribution < -0.4 is 5.32 Å². The summed E-state index contributed by atoms with van der Waals surface area (Å²) in [4.78, 5) is 13.9. The number of carbonyl (C=O) groups is 1. The molecule has 0 bridgehead atoms. The smallest absolute Gasteiger partial charge is 0.238 e. The summed E-state index contributed by atoms with van der Waals surface area (Å²) in [6.07, 6.45) is 0. The largest absolute Gasteiger partial charge is 0.387 e. The van der Waals surface area contributed by atoms with E-state index < -0.39 is 5.60 Å². The van der Waals surface area contributed by atoms with Crippen molar-refractivity contribution in [2.45, 2.75) is 26.4 Å². The lowest BCUT2D eigenvalue weighted by Crippen LogP contribution is -2.65. The Labute approximate surface area is 128 Å². The average Bonchev–Trinajstić information content (AvgIpc) is 2.30. The molecule has 1 fully saturated rings. The van der Waals surface area contributed by atoms with Crippen LogP contribution in [0.5, 0.6) is 0 Å². The second kappa shape index (κ2) is 5.84. The van der Waals surface area contributed by atoms with E-state index in [1.165, 1.54) is 0 Å². The van der Waals surface area contributed by atoms with Gasteiger partial charge in [-0.05, 0) is 36.6 Å². The molecule has 0 atom stereocenters. The Hall–Kier alpha value is -0.910. The van der Waals surface area contributed by atoms with Crippen molar-refractivity contribution in [2.24, 2.45) is 5.92 Å². The Morgan fingerprint density at radius 1 is 1.50 bits per heavy atom. The molecule has 1 aromatic rings. The van der Waals surface area contributed by atoms with Crippen LogP contribution in [0.15, 0.2) is 22.7 Å². The first kappa shape index (κ1) is 15.5. The van der Waals surface area contributed by atoms with Crippen molar-refractivity contribution in [2.75, 3.05) is 25.0 Å². The Bertz CT molecular complexity index is 511. The third kappa shape index (κ3) is 3.40. The zero-order chi connectivity index (χ0) is 14.9. The van der Waals surface area contributed by atoms with Crippen LogP contribution in [-0.2, 0) is 4.79 Å². The zero-order valence-corrected chi connectivity index (χ0v) is 13.7. The van der Waals surface area contributed by atoms with Gasteiger partial charge < -0.3 is 10.4 Å². The minimum atomic E-state index is -0.631. The molecule has 20 heavy (non-hydrogen) atoms. The Kier molecular flexibility index (Phi) is 4.52. The van der Waals surface area contributed by atoms with E-state index in [1.54, 1.807) is 0 Å². The second-order valence-corrected chi connectivity index (χ2v) is 6.83. The average molecular weight is 341 g/mol. The lowest BCUT2D eigenvalue weighted by molar-refractivity contribution is -0.139. The highest BCUT2D eigenvalue weighted by Crippen LogP contribution is 2.28. The van der Waals surface area contributed by atoms with E-state index in [0.29, 0.717) is 19.6 Å². The minimum Gasteiger partial charge on any atom is -0.387 e. The molecular formula is C15H21BrN2O2. The predicted molar refractivity (Wildman–Crippen MR) is 83.7 cm³/mol. The highest BCUT2D eigenvalue weighted by atomic mass is 79.9. The molecule has 0 aromatic heterocycles. The van der Waals surface area contributed by atoms with E-state index in [-0.39, 0.29) is 11.8 Å². The number of rotatable bonds is 4. The Morgan fingerprint density at radius 3 is 2.70 bits per heavy atom. The van der Waals surface area contributed by atoms with Crippen molar-refractivity contribution in [3.05, 3.63) is 28.2 Å². The van der Waals surface area contributed by atoms with Crippen LogP contribution in [0.2, 0.25) is 0 Å². The molecule has 1 amide bonds. The number of nitrogens with zero attached hydrogens (tertiary/aromatic N) is 1. The van der Waals surface area contributed by atoms with E-state index in [0.717, 1.165) is 15.7 Å². The third-order valence-corrected chi connectivity index (χ3v) is 4.39. The molecule has 1 aromatic carbocycles. The molecule has 1 aliphatic heterocycles. The van der Waals surface area contributed by atoms with Crippen LogP contribution in [0.25, 0.3) is 0 Å². The molecule has 1 heterocycles. The van der Waals surface area contributed by atoms with Gasteiger partial charge in [0, 0.05) is 23.2 Å². The van der Waals surface area contributed by atoms with Crippen LogP contribution in [0.3, 0.4) is 0 Å². The van der Waals surface area contributed by atoms with Gasteiger partial charge in [-0.3, -0.25) is 9.69 Å². The molecule has 1 saturated heterocycles. The molecule has 5 heteroatoms. The van der Waals surface area contributed by atoms with Crippen molar-refractivity contribution < 1.29 is 9.90 Å². The van der Waals surface area contributed by atoms with Gasteiger partial charge in [0.05, 0.1) is 12.1 Å². The molecule has 4 nitrogen and oxygen atoms in total. The number of aliphatic hydroxyl groups is 1. The van der Waals surface area contributed by atoms with Crippen LogP contribution in [0.1, 0.15) is 19.4 Å². The van der Waals surface area contributed by atoms with Crippen molar-refractivity contribution in [3.8, 4) is 0 Å². The number of aryl methyl sites for hydroxylation is 1. The molecule has 0 radical (unpaired) electrons. The fourth-order valence-corrected chi connectivity index (χ4v) is 2.84. The van der Waals surface area contributed by atoms with E-state index in [9.17, 15) is 9.90 Å². The van der Waals surface area contributed by atoms with Gasteiger partial charge in [-0.2, -0.15) is 0 Å². The molecule has 0 unspecified atom stereocenters. The third-order valence-electron chi connectivity index (χ3n) is 3.90. The van der Waals surface area contributed by atoms with Gasteiger partial charge in [-0.1, -0.05) is 29.8 Å². The first-order valence-electron chi connectivity index (χ1n) is 6.81. The number of amides is 1. The number of carbonyl (C=O) groups excluding carboxylic acids is 1. The van der Waals surface area contributed by atoms with Gasteiger partial charge in [0.15, 0.2) is 0 Å². The first-order chi connectivity index (χ1) is 9.30. The molecule has 1 aliphatic rings. The minimum absolute atomic E-state index is 0.0405. The van der Waals surface area contributed by atoms with E-state index in [4.69, 9.17) is 0 Å². The summed E-state index contributed by atoms with van der Waals surface area (Å²) in [7, 11) is 0. The molecule has 110 valence electrons. The molecule has 2 rings (SSSR count). The second-order valence-electron chi connectivity index (χ2n) is 5.91. The number of halogens is 1. The van der Waals surface area contributed by atoms with Crippen LogP contribution in [-0.4, -0.2) is 41.1 Å². The molecule has 2 N–H and O–H groups in total. The van der Waals surface area contributed by atoms with Crippen molar-refractivity contribution in [1.82, 2.24) is 4.90 Å². The van der Waals surface area contributed by atoms with Gasteiger partial charge >= 0.3 is 0 Å². The van der Waals surface area contributed by atoms with Gasteiger partial charge in [-0.15, -0.1) is 0 Å². The van der Waals surface area contributed by atoms with Gasteiger partial charge in [0.1, 0.15) is 0 Å². The lowest BCUT2D eigenvalue weighted by Gasteiger charge is -2.48. The summed E-state index contributed by atoms with van der Waals surface area (Å²) < 4.78 is 0.998. The first-order valence-corrected chi connectivity index (χ1v) is 7.60. The van der Waals surface area contributed by atoms with Crippen LogP contribution in [0.4, 0.5) is 5.69 Å². The number of nitrogens with one attached hydrogen (secondary N) is 1. The molecule has 0 aliphatic carbocycles. The monoisotopic (exact) mass is 340 g/mol. The number of anilines is 1. The predicted octanol–water partition coefficient (Wildman–Crippen LogP) is 2.40. The molecular weight excluding hydrogens is 320 g/mol. The topological polar surface area (TPSA) is 52.6 Å². The van der Waals surface area contributed by atoms with Crippen LogP contribution >= 0.6 is 15.9 Å². The van der Waals surface area contributed by atoms with E-state index in [1.807, 2.05) is 43.9 Å². The number of benzene rings is 1. The number of hydrogen-bond donors (Lipinski definition) is 2. The number of likely N-dealkylation sites (tertiary alicyclic amines) is 1. The maximum atomic E-state index is 12.0. The summed E-state index contributed by atoms with van der Waals surface area (Å²) in [5, 5.41) is 13.1. The molecule has 0 saturated carbocycles. The molecule has 0 spiro atoms. The Balaban J connectivity index is 1.85. The van der Waals surface area contributed by atoms with Crippen molar-refractivity contribution in [1.29, 1.82) is 0 Å². The van der Waals surface area contributed by atoms with Crippen molar-refractivity contribution >= 4 is 27.5 Å². The van der Waals surface area contributed by atoms with Gasteiger partial charge in [0.25, 0.3) is 0 Å². The fraction of sp³-hybridized carbons (Fsp3) is 0.533. The summed E-state index contributed by atoms with van der Waals surface area (Å²) in [6.45, 7) is 7.42. The highest BCUT2D eigenvalue weighted by Gasteiger charge is 2.43. The van der Waals surface area contributed by atoms with Crippen molar-refractivity contribution in [3.63, 3.8) is 0 Å². The lowest BCUT2D eigenvalue weighted by atomic mass is 9.83. The standard InChI is InChI=1S/C15H21BrN2O2/c1-10(2)15(20)8-18(9-15)7-14(19)17-13-5-4-12(16)6-11(13)3/h4-6,10,20H,7-9H2,1-3H3,(H,17,19). The number of β-amino-alcohol motifs (C(OH)–C–C–N with tert-alkyl or cyclic N) is 1. The summed E-state index contributed by atoms with van der Waals surface area (Å²) in [6, 6.07) is 5.76. The maximum Gasteiger partial charge on any atom is 0.238 e. The fourth-order valence-electron chi connectivity index (χ4n) is 2.37. The Morgan fingerprint density at radius 2 is 2.15 bits per heavy atom. The normalized spacial score (nSPS) is 17.9. The summed E-state index contributed by atoms with van der Waals surface area (Å²) >= 11 is 3.40. The van der Waals surface area contributed by atoms with Gasteiger partial charge in [-0.25, -0.2) is 0 Å². The zero-order valence-electron chi connectivity index (χ0n) is 12.1. The van der Waals surface area contributed by atoms with E-state index in [2.05, 4.69) is 21.2 Å². The van der Waals surface area contributed by atoms with E-state index >= 15 is 0 Å². The maximum absolute atomic E-state index is 12.0.